The molecule has 2 unspecified atom stereocenters. The lowest BCUT2D eigenvalue weighted by atomic mass is 10.1. The normalized spacial score (nSPS) is 18.6. The Morgan fingerprint density at radius 3 is 2.50 bits per heavy atom. The lowest BCUT2D eigenvalue weighted by molar-refractivity contribution is -0.141. The van der Waals surface area contributed by atoms with Gasteiger partial charge in [-0.1, -0.05) is 6.92 Å². The Labute approximate surface area is 160 Å². The summed E-state index contributed by atoms with van der Waals surface area (Å²) in [6.07, 6.45) is -0.967. The van der Waals surface area contributed by atoms with E-state index in [4.69, 9.17) is 0 Å². The molecule has 0 radical (unpaired) electrons. The Kier molecular flexibility index (Phi) is 5.44. The summed E-state index contributed by atoms with van der Waals surface area (Å²) in [6.45, 7) is 0.806. The van der Waals surface area contributed by atoms with Crippen molar-refractivity contribution in [2.24, 2.45) is 11.8 Å². The highest BCUT2D eigenvalue weighted by Crippen LogP contribution is 2.38. The number of nitrogens with one attached hydrogen (secondary N) is 1. The Morgan fingerprint density at radius 2 is 1.93 bits per heavy atom. The molecule has 1 aromatic carbocycles. The molecule has 1 saturated carbocycles. The van der Waals surface area contributed by atoms with Crippen LogP contribution >= 0.6 is 0 Å². The van der Waals surface area contributed by atoms with Crippen molar-refractivity contribution >= 4 is 17.5 Å². The van der Waals surface area contributed by atoms with Crippen molar-refractivity contribution in [1.29, 1.82) is 0 Å². The van der Waals surface area contributed by atoms with Crippen LogP contribution in [0.2, 0.25) is 0 Å². The van der Waals surface area contributed by atoms with Crippen molar-refractivity contribution in [3.05, 3.63) is 48.0 Å². The van der Waals surface area contributed by atoms with Crippen LogP contribution < -0.4 is 5.32 Å². The second kappa shape index (κ2) is 7.65. The predicted molar refractivity (Wildman–Crippen MR) is 96.4 cm³/mol. The number of rotatable bonds is 6. The van der Waals surface area contributed by atoms with Gasteiger partial charge in [-0.3, -0.25) is 9.59 Å². The van der Waals surface area contributed by atoms with E-state index >= 15 is 0 Å². The molecule has 1 aliphatic rings. The van der Waals surface area contributed by atoms with Gasteiger partial charge < -0.3 is 14.8 Å². The summed E-state index contributed by atoms with van der Waals surface area (Å²) in [7, 11) is 1.50. The summed E-state index contributed by atoms with van der Waals surface area (Å²) in [5, 5.41) is 2.81. The van der Waals surface area contributed by atoms with Crippen molar-refractivity contribution < 1.29 is 22.8 Å². The Bertz CT molecular complexity index is 861. The number of amides is 2. The number of aromatic nitrogens is 2. The summed E-state index contributed by atoms with van der Waals surface area (Å²) in [6, 6.07) is 6.42. The number of hydrogen-bond acceptors (Lipinski definition) is 3. The van der Waals surface area contributed by atoms with Crippen molar-refractivity contribution in [2.45, 2.75) is 32.6 Å². The smallest absolute Gasteiger partial charge is 0.334 e. The molecule has 9 heteroatoms. The minimum atomic E-state index is -4.36. The second-order valence-electron chi connectivity index (χ2n) is 7.13. The first-order valence-electron chi connectivity index (χ1n) is 8.87. The first kappa shape index (κ1) is 19.9. The zero-order chi connectivity index (χ0) is 20.5. The molecule has 2 aromatic rings. The van der Waals surface area contributed by atoms with Gasteiger partial charge in [-0.05, 0) is 36.6 Å². The largest absolute Gasteiger partial charge is 0.406 e. The topological polar surface area (TPSA) is 67.2 Å². The summed E-state index contributed by atoms with van der Waals surface area (Å²) >= 11 is 0. The molecule has 1 heterocycles. The Balaban J connectivity index is 1.60. The average molecular weight is 394 g/mol. The predicted octanol–water partition coefficient (Wildman–Crippen LogP) is 3.31. The van der Waals surface area contributed by atoms with Crippen LogP contribution in [0.3, 0.4) is 0 Å². The number of carbonyl (C=O) groups excluding carboxylic acids is 2. The van der Waals surface area contributed by atoms with Crippen molar-refractivity contribution in [1.82, 2.24) is 14.5 Å². The van der Waals surface area contributed by atoms with E-state index < -0.39 is 12.7 Å². The highest BCUT2D eigenvalue weighted by molar-refractivity contribution is 5.96. The highest BCUT2D eigenvalue weighted by Gasteiger charge is 2.39. The third-order valence-electron chi connectivity index (χ3n) is 4.72. The summed E-state index contributed by atoms with van der Waals surface area (Å²) < 4.78 is 38.8. The van der Waals surface area contributed by atoms with Crippen LogP contribution in [0.25, 0.3) is 0 Å². The van der Waals surface area contributed by atoms with Gasteiger partial charge in [0.25, 0.3) is 5.91 Å². The Hall–Kier alpha value is -2.84. The van der Waals surface area contributed by atoms with E-state index in [9.17, 15) is 22.8 Å². The molecule has 0 bridgehead atoms. The highest BCUT2D eigenvalue weighted by atomic mass is 19.4. The van der Waals surface area contributed by atoms with Gasteiger partial charge in [0.05, 0.1) is 6.54 Å². The molecular weight excluding hydrogens is 373 g/mol. The third-order valence-corrected chi connectivity index (χ3v) is 4.72. The number of hydrogen-bond donors (Lipinski definition) is 1. The van der Waals surface area contributed by atoms with E-state index in [1.807, 2.05) is 6.92 Å². The summed E-state index contributed by atoms with van der Waals surface area (Å²) in [5.74, 6) is 0.221. The van der Waals surface area contributed by atoms with E-state index in [0.29, 0.717) is 17.2 Å². The van der Waals surface area contributed by atoms with Gasteiger partial charge in [0.1, 0.15) is 12.4 Å². The maximum atomic E-state index is 12.6. The molecule has 150 valence electrons. The standard InChI is InChI=1S/C19H21F3N4O2/c1-12-9-15(12)17(27)24-14-5-3-13(4-6-14)18(28)25(2)10-16-23-7-8-26(16)11-19(20,21)22/h3-8,12,15H,9-11H2,1-2H3,(H,24,27). The fourth-order valence-electron chi connectivity index (χ4n) is 2.95. The lowest BCUT2D eigenvalue weighted by Gasteiger charge is -2.18. The zero-order valence-electron chi connectivity index (χ0n) is 15.5. The maximum Gasteiger partial charge on any atom is 0.406 e. The second-order valence-corrected chi connectivity index (χ2v) is 7.13. The van der Waals surface area contributed by atoms with E-state index in [0.717, 1.165) is 11.0 Å². The van der Waals surface area contributed by atoms with Gasteiger partial charge in [-0.15, -0.1) is 0 Å². The summed E-state index contributed by atoms with van der Waals surface area (Å²) in [5.41, 5.74) is 0.971. The number of alkyl halides is 3. The number of imidazole rings is 1. The van der Waals surface area contributed by atoms with E-state index in [1.54, 1.807) is 24.3 Å². The fraction of sp³-hybridized carbons (Fsp3) is 0.421. The van der Waals surface area contributed by atoms with Crippen LogP contribution in [-0.4, -0.2) is 39.5 Å². The first-order valence-corrected chi connectivity index (χ1v) is 8.87. The van der Waals surface area contributed by atoms with Crippen LogP contribution in [0.5, 0.6) is 0 Å². The third kappa shape index (κ3) is 4.90. The van der Waals surface area contributed by atoms with Crippen molar-refractivity contribution in [2.75, 3.05) is 12.4 Å². The number of benzene rings is 1. The molecule has 6 nitrogen and oxygen atoms in total. The number of anilines is 1. The quantitative estimate of drug-likeness (QED) is 0.817. The van der Waals surface area contributed by atoms with E-state index in [1.165, 1.54) is 24.3 Å². The van der Waals surface area contributed by atoms with Gasteiger partial charge >= 0.3 is 6.18 Å². The minimum Gasteiger partial charge on any atom is -0.334 e. The van der Waals surface area contributed by atoms with Crippen molar-refractivity contribution in [3.8, 4) is 0 Å². The molecule has 3 rings (SSSR count). The molecule has 1 aromatic heterocycles. The number of carbonyl (C=O) groups is 2. The molecular formula is C19H21F3N4O2. The van der Waals surface area contributed by atoms with Gasteiger partial charge in [-0.25, -0.2) is 4.98 Å². The molecule has 1 N–H and O–H groups in total. The molecule has 0 saturated heterocycles. The number of nitrogens with zero attached hydrogens (tertiary/aromatic N) is 3. The Morgan fingerprint density at radius 1 is 1.29 bits per heavy atom. The van der Waals surface area contributed by atoms with Gasteiger partial charge in [0, 0.05) is 36.6 Å². The van der Waals surface area contributed by atoms with E-state index in [2.05, 4.69) is 10.3 Å². The van der Waals surface area contributed by atoms with Crippen LogP contribution in [-0.2, 0) is 17.9 Å². The van der Waals surface area contributed by atoms with Gasteiger partial charge in [0.15, 0.2) is 0 Å². The average Bonchev–Trinajstić information content (AvgIpc) is 3.21. The van der Waals surface area contributed by atoms with E-state index in [-0.39, 0.29) is 30.1 Å². The molecule has 2 amide bonds. The SMILES string of the molecule is CC1CC1C(=O)Nc1ccc(C(=O)N(C)Cc2nccn2CC(F)(F)F)cc1. The zero-order valence-corrected chi connectivity index (χ0v) is 15.5. The van der Waals surface area contributed by atoms with Gasteiger partial charge in [-0.2, -0.15) is 13.2 Å². The first-order chi connectivity index (χ1) is 13.1. The van der Waals surface area contributed by atoms with Crippen molar-refractivity contribution in [3.63, 3.8) is 0 Å². The molecule has 0 spiro atoms. The van der Waals surface area contributed by atoms with Crippen LogP contribution in [0.1, 0.15) is 29.5 Å². The van der Waals surface area contributed by atoms with Crippen LogP contribution in [0.15, 0.2) is 36.7 Å². The molecule has 0 aliphatic heterocycles. The van der Waals surface area contributed by atoms with Gasteiger partial charge in [0.2, 0.25) is 5.91 Å². The molecule has 28 heavy (non-hydrogen) atoms. The van der Waals surface area contributed by atoms with Crippen LogP contribution in [0, 0.1) is 11.8 Å². The lowest BCUT2D eigenvalue weighted by Crippen LogP contribution is -2.29. The molecule has 2 atom stereocenters. The minimum absolute atomic E-state index is 0.0276. The summed E-state index contributed by atoms with van der Waals surface area (Å²) in [4.78, 5) is 29.7. The molecule has 1 fully saturated rings. The van der Waals surface area contributed by atoms with Crippen LogP contribution in [0.4, 0.5) is 18.9 Å². The monoisotopic (exact) mass is 394 g/mol. The number of halogens is 3. The molecule has 1 aliphatic carbocycles. The maximum absolute atomic E-state index is 12.6. The fourth-order valence-corrected chi connectivity index (χ4v) is 2.95.